The number of hydrogen-bond acceptors (Lipinski definition) is 1. The molecular formula is C20H30O. The Bertz CT molecular complexity index is 398. The molecule has 0 radical (unpaired) electrons. The van der Waals surface area contributed by atoms with E-state index in [-0.39, 0.29) is 0 Å². The van der Waals surface area contributed by atoms with Crippen LogP contribution in [-0.2, 0) is 17.8 Å². The molecular weight excluding hydrogens is 256 g/mol. The summed E-state index contributed by atoms with van der Waals surface area (Å²) in [5, 5.41) is 0. The Kier molecular flexibility index (Phi) is 7.02. The van der Waals surface area contributed by atoms with Crippen molar-refractivity contribution in [2.45, 2.75) is 58.5 Å². The number of benzene rings is 1. The van der Waals surface area contributed by atoms with Crippen LogP contribution < -0.4 is 0 Å². The number of aryl methyl sites for hydroxylation is 1. The zero-order valence-electron chi connectivity index (χ0n) is 13.5. The lowest BCUT2D eigenvalue weighted by atomic mass is 9.78. The molecule has 1 aromatic carbocycles. The van der Waals surface area contributed by atoms with Crippen molar-refractivity contribution in [2.24, 2.45) is 11.8 Å². The van der Waals surface area contributed by atoms with Crippen molar-refractivity contribution in [1.82, 2.24) is 0 Å². The van der Waals surface area contributed by atoms with Gasteiger partial charge in [0.15, 0.2) is 0 Å². The highest BCUT2D eigenvalue weighted by Crippen LogP contribution is 2.33. The lowest BCUT2D eigenvalue weighted by Gasteiger charge is -2.27. The van der Waals surface area contributed by atoms with Crippen molar-refractivity contribution in [3.05, 3.63) is 48.0 Å². The Labute approximate surface area is 130 Å². The van der Waals surface area contributed by atoms with E-state index in [2.05, 4.69) is 36.9 Å². The summed E-state index contributed by atoms with van der Waals surface area (Å²) in [5.74, 6) is 1.85. The molecule has 1 aliphatic rings. The largest absolute Gasteiger partial charge is 0.377 e. The highest BCUT2D eigenvalue weighted by atomic mass is 16.5. The molecule has 1 fully saturated rings. The zero-order valence-corrected chi connectivity index (χ0v) is 13.5. The summed E-state index contributed by atoms with van der Waals surface area (Å²) in [5.41, 5.74) is 2.76. The Morgan fingerprint density at radius 3 is 2.29 bits per heavy atom. The minimum Gasteiger partial charge on any atom is -0.377 e. The first-order valence-corrected chi connectivity index (χ1v) is 8.58. The van der Waals surface area contributed by atoms with Crippen molar-refractivity contribution in [3.63, 3.8) is 0 Å². The molecule has 21 heavy (non-hydrogen) atoms. The van der Waals surface area contributed by atoms with Gasteiger partial charge in [0.05, 0.1) is 6.61 Å². The predicted octanol–water partition coefficient (Wildman–Crippen LogP) is 5.54. The maximum Gasteiger partial charge on any atom is 0.0716 e. The van der Waals surface area contributed by atoms with E-state index in [9.17, 15) is 0 Å². The van der Waals surface area contributed by atoms with Gasteiger partial charge in [0.2, 0.25) is 0 Å². The Morgan fingerprint density at radius 2 is 1.67 bits per heavy atom. The van der Waals surface area contributed by atoms with Crippen LogP contribution in [-0.4, -0.2) is 6.61 Å². The van der Waals surface area contributed by atoms with Gasteiger partial charge in [-0.3, -0.25) is 0 Å². The summed E-state index contributed by atoms with van der Waals surface area (Å²) in [4.78, 5) is 0. The van der Waals surface area contributed by atoms with Crippen LogP contribution in [0.15, 0.2) is 36.9 Å². The Balaban J connectivity index is 1.70. The van der Waals surface area contributed by atoms with Gasteiger partial charge in [-0.15, -0.1) is 6.58 Å². The van der Waals surface area contributed by atoms with Gasteiger partial charge in [-0.25, -0.2) is 0 Å². The topological polar surface area (TPSA) is 9.23 Å². The van der Waals surface area contributed by atoms with Crippen LogP contribution in [0.3, 0.4) is 0 Å². The first-order chi connectivity index (χ1) is 10.3. The van der Waals surface area contributed by atoms with Crippen molar-refractivity contribution in [2.75, 3.05) is 6.61 Å². The molecule has 0 saturated heterocycles. The van der Waals surface area contributed by atoms with E-state index < -0.39 is 0 Å². The van der Waals surface area contributed by atoms with Crippen LogP contribution >= 0.6 is 0 Å². The van der Waals surface area contributed by atoms with Gasteiger partial charge in [-0.1, -0.05) is 43.2 Å². The van der Waals surface area contributed by atoms with Crippen molar-refractivity contribution in [3.8, 4) is 0 Å². The van der Waals surface area contributed by atoms with Gasteiger partial charge in [0, 0.05) is 6.61 Å². The van der Waals surface area contributed by atoms with E-state index in [1.807, 2.05) is 6.92 Å². The molecule has 0 heterocycles. The Morgan fingerprint density at radius 1 is 1.05 bits per heavy atom. The van der Waals surface area contributed by atoms with Gasteiger partial charge < -0.3 is 4.74 Å². The van der Waals surface area contributed by atoms with Crippen LogP contribution in [0.4, 0.5) is 0 Å². The Hall–Kier alpha value is -1.08. The van der Waals surface area contributed by atoms with E-state index in [4.69, 9.17) is 4.74 Å². The highest BCUT2D eigenvalue weighted by molar-refractivity contribution is 5.22. The fourth-order valence-electron chi connectivity index (χ4n) is 3.38. The maximum atomic E-state index is 5.44. The molecule has 0 amide bonds. The number of allylic oxidation sites excluding steroid dienone is 1. The molecule has 0 spiro atoms. The van der Waals surface area contributed by atoms with E-state index in [0.29, 0.717) is 0 Å². The van der Waals surface area contributed by atoms with Crippen LogP contribution in [0.1, 0.15) is 56.6 Å². The average Bonchev–Trinajstić information content (AvgIpc) is 2.53. The average molecular weight is 286 g/mol. The molecule has 0 bridgehead atoms. The van der Waals surface area contributed by atoms with Crippen LogP contribution in [0, 0.1) is 11.8 Å². The fourth-order valence-corrected chi connectivity index (χ4v) is 3.38. The normalized spacial score (nSPS) is 22.1. The first-order valence-electron chi connectivity index (χ1n) is 8.58. The second kappa shape index (κ2) is 9.04. The molecule has 1 nitrogen and oxygen atoms in total. The summed E-state index contributed by atoms with van der Waals surface area (Å²) in [7, 11) is 0. The lowest BCUT2D eigenvalue weighted by molar-refractivity contribution is 0.134. The van der Waals surface area contributed by atoms with E-state index in [0.717, 1.165) is 25.0 Å². The molecule has 0 atom stereocenters. The maximum absolute atomic E-state index is 5.44. The minimum atomic E-state index is 0.740. The third-order valence-corrected chi connectivity index (χ3v) is 4.80. The summed E-state index contributed by atoms with van der Waals surface area (Å²) in [6.07, 6.45) is 11.5. The monoisotopic (exact) mass is 286 g/mol. The molecule has 0 aliphatic heterocycles. The number of ether oxygens (including phenoxy) is 1. The zero-order chi connectivity index (χ0) is 14.9. The van der Waals surface area contributed by atoms with Crippen molar-refractivity contribution < 1.29 is 4.74 Å². The van der Waals surface area contributed by atoms with Gasteiger partial charge >= 0.3 is 0 Å². The molecule has 116 valence electrons. The number of rotatable bonds is 8. The highest BCUT2D eigenvalue weighted by Gasteiger charge is 2.19. The second-order valence-corrected chi connectivity index (χ2v) is 6.40. The van der Waals surface area contributed by atoms with Gasteiger partial charge in [0.1, 0.15) is 0 Å². The molecule has 0 aromatic heterocycles. The molecule has 1 aromatic rings. The minimum absolute atomic E-state index is 0.740. The van der Waals surface area contributed by atoms with Crippen LogP contribution in [0.5, 0.6) is 0 Å². The van der Waals surface area contributed by atoms with Gasteiger partial charge in [-0.2, -0.15) is 0 Å². The SMILES string of the molecule is C=CCC1CCC(CCc2ccc(COCC)cc2)CC1. The quantitative estimate of drug-likeness (QED) is 0.570. The van der Waals surface area contributed by atoms with E-state index in [1.54, 1.807) is 0 Å². The van der Waals surface area contributed by atoms with Crippen LogP contribution in [0.25, 0.3) is 0 Å². The molecule has 1 aliphatic carbocycles. The van der Waals surface area contributed by atoms with Crippen LogP contribution in [0.2, 0.25) is 0 Å². The summed E-state index contributed by atoms with van der Waals surface area (Å²) >= 11 is 0. The fraction of sp³-hybridized carbons (Fsp3) is 0.600. The second-order valence-electron chi connectivity index (χ2n) is 6.40. The van der Waals surface area contributed by atoms with Crippen molar-refractivity contribution >= 4 is 0 Å². The van der Waals surface area contributed by atoms with E-state index in [1.165, 1.54) is 56.1 Å². The third kappa shape index (κ3) is 5.67. The molecule has 1 heteroatoms. The first kappa shape index (κ1) is 16.3. The predicted molar refractivity (Wildman–Crippen MR) is 90.4 cm³/mol. The third-order valence-electron chi connectivity index (χ3n) is 4.80. The lowest BCUT2D eigenvalue weighted by Crippen LogP contribution is -2.14. The standard InChI is InChI=1S/C20H30O/c1-3-5-17-6-8-18(9-7-17)10-11-19-12-14-20(15-13-19)16-21-4-2/h3,12-15,17-18H,1,4-11,16H2,2H3. The molecule has 2 rings (SSSR count). The summed E-state index contributed by atoms with van der Waals surface area (Å²) < 4.78 is 5.44. The smallest absolute Gasteiger partial charge is 0.0716 e. The van der Waals surface area contributed by atoms with E-state index >= 15 is 0 Å². The number of hydrogen-bond donors (Lipinski definition) is 0. The van der Waals surface area contributed by atoms with Crippen molar-refractivity contribution in [1.29, 1.82) is 0 Å². The molecule has 0 N–H and O–H groups in total. The molecule has 1 saturated carbocycles. The summed E-state index contributed by atoms with van der Waals surface area (Å²) in [6.45, 7) is 7.43. The summed E-state index contributed by atoms with van der Waals surface area (Å²) in [6, 6.07) is 8.98. The molecule has 0 unspecified atom stereocenters. The van der Waals surface area contributed by atoms with Gasteiger partial charge in [0.25, 0.3) is 0 Å². The van der Waals surface area contributed by atoms with Gasteiger partial charge in [-0.05, 0) is 62.0 Å².